The molecule has 1 atom stereocenters. The molecule has 2 heterocycles. The lowest BCUT2D eigenvalue weighted by Crippen LogP contribution is -2.31. The van der Waals surface area contributed by atoms with Gasteiger partial charge in [-0.2, -0.15) is 10.1 Å². The first-order valence-electron chi connectivity index (χ1n) is 9.76. The largest absolute Gasteiger partial charge is 0.493 e. The molecule has 9 heteroatoms. The molecule has 3 aromatic rings. The van der Waals surface area contributed by atoms with Crippen LogP contribution in [-0.4, -0.2) is 34.4 Å². The number of rotatable bonds is 6. The molecule has 2 aromatic carbocycles. The smallest absolute Gasteiger partial charge is 0.255 e. The number of methoxy groups -OCH3 is 1. The van der Waals surface area contributed by atoms with E-state index in [1.807, 2.05) is 32.0 Å². The van der Waals surface area contributed by atoms with Crippen molar-refractivity contribution in [2.75, 3.05) is 24.4 Å². The van der Waals surface area contributed by atoms with E-state index >= 15 is 0 Å². The molecule has 0 aliphatic carbocycles. The summed E-state index contributed by atoms with van der Waals surface area (Å²) in [7, 11) is 1.58. The molecule has 0 saturated heterocycles. The number of halogens is 1. The SMILES string of the molecule is CCOc1ccc([C@@H]2C(C(=O)Nc3ccc(Cl)cc3)=C(C)Nc3ncnn32)cc1OC. The van der Waals surface area contributed by atoms with Gasteiger partial charge in [-0.1, -0.05) is 17.7 Å². The molecule has 1 amide bonds. The Morgan fingerprint density at radius 2 is 2.00 bits per heavy atom. The van der Waals surface area contributed by atoms with E-state index < -0.39 is 6.04 Å². The third-order valence-corrected chi connectivity index (χ3v) is 5.20. The van der Waals surface area contributed by atoms with Gasteiger partial charge < -0.3 is 20.1 Å². The predicted octanol–water partition coefficient (Wildman–Crippen LogP) is 4.27. The van der Waals surface area contributed by atoms with Gasteiger partial charge in [-0.25, -0.2) is 4.68 Å². The van der Waals surface area contributed by atoms with Crippen LogP contribution in [0.3, 0.4) is 0 Å². The second kappa shape index (κ2) is 8.69. The maximum Gasteiger partial charge on any atom is 0.255 e. The zero-order valence-corrected chi connectivity index (χ0v) is 18.1. The molecule has 0 bridgehead atoms. The second-order valence-electron chi connectivity index (χ2n) is 6.90. The fourth-order valence-corrected chi connectivity index (χ4v) is 3.68. The van der Waals surface area contributed by atoms with Crippen LogP contribution in [0.4, 0.5) is 11.6 Å². The summed E-state index contributed by atoms with van der Waals surface area (Å²) in [6.07, 6.45) is 1.45. The number of ether oxygens (including phenoxy) is 2. The molecule has 1 aromatic heterocycles. The summed E-state index contributed by atoms with van der Waals surface area (Å²) >= 11 is 5.96. The number of fused-ring (bicyclic) bond motifs is 1. The molecule has 4 rings (SSSR count). The number of hydrogen-bond donors (Lipinski definition) is 2. The lowest BCUT2D eigenvalue weighted by Gasteiger charge is -2.29. The Bertz CT molecular complexity index is 1140. The van der Waals surface area contributed by atoms with Crippen LogP contribution in [0.15, 0.2) is 60.1 Å². The van der Waals surface area contributed by atoms with E-state index in [1.54, 1.807) is 36.1 Å². The highest BCUT2D eigenvalue weighted by atomic mass is 35.5. The Morgan fingerprint density at radius 1 is 1.23 bits per heavy atom. The van der Waals surface area contributed by atoms with Gasteiger partial charge in [-0.05, 0) is 55.8 Å². The standard InChI is InChI=1S/C22H22ClN5O3/c1-4-31-17-10-5-14(11-18(17)30-3)20-19(13(2)26-22-24-12-25-28(20)22)21(29)27-16-8-6-15(23)7-9-16/h5-12,20H,4H2,1-3H3,(H,27,29)(H,24,25,26)/t20-/m1/s1. The van der Waals surface area contributed by atoms with Gasteiger partial charge in [0.25, 0.3) is 5.91 Å². The topological polar surface area (TPSA) is 90.3 Å². The molecule has 0 radical (unpaired) electrons. The molecule has 8 nitrogen and oxygen atoms in total. The summed E-state index contributed by atoms with van der Waals surface area (Å²) in [4.78, 5) is 17.6. The minimum Gasteiger partial charge on any atom is -0.493 e. The van der Waals surface area contributed by atoms with Crippen LogP contribution in [0.2, 0.25) is 5.02 Å². The maximum absolute atomic E-state index is 13.3. The number of aromatic nitrogens is 3. The number of nitrogens with zero attached hydrogens (tertiary/aromatic N) is 3. The number of hydrogen-bond acceptors (Lipinski definition) is 6. The van der Waals surface area contributed by atoms with Crippen molar-refractivity contribution in [3.05, 3.63) is 70.6 Å². The molecule has 31 heavy (non-hydrogen) atoms. The summed E-state index contributed by atoms with van der Waals surface area (Å²) in [5, 5.41) is 11.0. The fourth-order valence-electron chi connectivity index (χ4n) is 3.55. The maximum atomic E-state index is 13.3. The van der Waals surface area contributed by atoms with Crippen molar-refractivity contribution >= 4 is 29.1 Å². The summed E-state index contributed by atoms with van der Waals surface area (Å²) in [6.45, 7) is 4.27. The number of allylic oxidation sites excluding steroid dienone is 1. The quantitative estimate of drug-likeness (QED) is 0.596. The van der Waals surface area contributed by atoms with E-state index in [2.05, 4.69) is 20.7 Å². The molecular formula is C22H22ClN5O3. The van der Waals surface area contributed by atoms with E-state index in [9.17, 15) is 4.79 Å². The molecule has 0 saturated carbocycles. The number of benzene rings is 2. The number of nitrogens with one attached hydrogen (secondary N) is 2. The van der Waals surface area contributed by atoms with Crippen LogP contribution in [0.5, 0.6) is 11.5 Å². The molecule has 0 fully saturated rings. The second-order valence-corrected chi connectivity index (χ2v) is 7.34. The first-order chi connectivity index (χ1) is 15.0. The third-order valence-electron chi connectivity index (χ3n) is 4.94. The lowest BCUT2D eigenvalue weighted by atomic mass is 9.94. The Morgan fingerprint density at radius 3 is 2.71 bits per heavy atom. The van der Waals surface area contributed by atoms with Crippen LogP contribution in [0, 0.1) is 0 Å². The van der Waals surface area contributed by atoms with Crippen LogP contribution >= 0.6 is 11.6 Å². The van der Waals surface area contributed by atoms with Crippen molar-refractivity contribution in [1.82, 2.24) is 14.8 Å². The van der Waals surface area contributed by atoms with E-state index in [-0.39, 0.29) is 5.91 Å². The number of amides is 1. The number of anilines is 2. The highest BCUT2D eigenvalue weighted by Gasteiger charge is 2.34. The Kier molecular flexibility index (Phi) is 5.81. The van der Waals surface area contributed by atoms with Crippen molar-refractivity contribution in [3.8, 4) is 11.5 Å². The molecular weight excluding hydrogens is 418 g/mol. The highest BCUT2D eigenvalue weighted by Crippen LogP contribution is 2.38. The highest BCUT2D eigenvalue weighted by molar-refractivity contribution is 6.30. The monoisotopic (exact) mass is 439 g/mol. The van der Waals surface area contributed by atoms with Gasteiger partial charge in [-0.3, -0.25) is 4.79 Å². The van der Waals surface area contributed by atoms with E-state index in [4.69, 9.17) is 21.1 Å². The van der Waals surface area contributed by atoms with Gasteiger partial charge in [0.2, 0.25) is 5.95 Å². The first kappa shape index (κ1) is 20.7. The van der Waals surface area contributed by atoms with Crippen molar-refractivity contribution in [3.63, 3.8) is 0 Å². The summed E-state index contributed by atoms with van der Waals surface area (Å²) in [6, 6.07) is 12.0. The normalized spacial score (nSPS) is 15.2. The zero-order valence-electron chi connectivity index (χ0n) is 17.3. The number of carbonyl (C=O) groups excluding carboxylic acids is 1. The Labute approximate surface area is 184 Å². The molecule has 0 spiro atoms. The van der Waals surface area contributed by atoms with Crippen LogP contribution < -0.4 is 20.1 Å². The van der Waals surface area contributed by atoms with E-state index in [0.717, 1.165) is 5.56 Å². The van der Waals surface area contributed by atoms with Gasteiger partial charge in [-0.15, -0.1) is 0 Å². The number of carbonyl (C=O) groups is 1. The van der Waals surface area contributed by atoms with Crippen LogP contribution in [0.1, 0.15) is 25.5 Å². The predicted molar refractivity (Wildman–Crippen MR) is 119 cm³/mol. The van der Waals surface area contributed by atoms with Gasteiger partial charge in [0, 0.05) is 16.4 Å². The minimum atomic E-state index is -0.504. The molecule has 1 aliphatic heterocycles. The average Bonchev–Trinajstić information content (AvgIpc) is 3.23. The van der Waals surface area contributed by atoms with Crippen molar-refractivity contribution in [2.24, 2.45) is 0 Å². The average molecular weight is 440 g/mol. The molecule has 0 unspecified atom stereocenters. The van der Waals surface area contributed by atoms with Crippen molar-refractivity contribution in [2.45, 2.75) is 19.9 Å². The summed E-state index contributed by atoms with van der Waals surface area (Å²) in [5.74, 6) is 1.51. The Balaban J connectivity index is 1.76. The summed E-state index contributed by atoms with van der Waals surface area (Å²) in [5.41, 5.74) is 2.65. The molecule has 2 N–H and O–H groups in total. The van der Waals surface area contributed by atoms with E-state index in [1.165, 1.54) is 6.33 Å². The van der Waals surface area contributed by atoms with Crippen molar-refractivity contribution < 1.29 is 14.3 Å². The van der Waals surface area contributed by atoms with Gasteiger partial charge in [0.05, 0.1) is 19.3 Å². The zero-order chi connectivity index (χ0) is 22.0. The van der Waals surface area contributed by atoms with Crippen LogP contribution in [0.25, 0.3) is 0 Å². The van der Waals surface area contributed by atoms with Crippen molar-refractivity contribution in [1.29, 1.82) is 0 Å². The van der Waals surface area contributed by atoms with Crippen LogP contribution in [-0.2, 0) is 4.79 Å². The Hall–Kier alpha value is -3.52. The van der Waals surface area contributed by atoms with Gasteiger partial charge >= 0.3 is 0 Å². The minimum absolute atomic E-state index is 0.258. The molecule has 1 aliphatic rings. The third kappa shape index (κ3) is 4.06. The van der Waals surface area contributed by atoms with E-state index in [0.29, 0.717) is 46.0 Å². The summed E-state index contributed by atoms with van der Waals surface area (Å²) < 4.78 is 12.8. The fraction of sp³-hybridized carbons (Fsp3) is 0.227. The first-order valence-corrected chi connectivity index (χ1v) is 10.1. The van der Waals surface area contributed by atoms with Gasteiger partial charge in [0.15, 0.2) is 11.5 Å². The molecule has 160 valence electrons. The lowest BCUT2D eigenvalue weighted by molar-refractivity contribution is -0.113. The van der Waals surface area contributed by atoms with Gasteiger partial charge in [0.1, 0.15) is 12.4 Å².